The second-order valence-corrected chi connectivity index (χ2v) is 5.83. The van der Waals surface area contributed by atoms with Gasteiger partial charge in [0.05, 0.1) is 31.4 Å². The summed E-state index contributed by atoms with van der Waals surface area (Å²) in [7, 11) is 1.64. The number of nitrogens with zero attached hydrogens (tertiary/aromatic N) is 1. The number of methoxy groups -OCH3 is 1. The largest absolute Gasteiger partial charge is 0.497 e. The smallest absolute Gasteiger partial charge is 0.119 e. The lowest BCUT2D eigenvalue weighted by Crippen LogP contribution is -2.41. The van der Waals surface area contributed by atoms with Crippen LogP contribution in [0.15, 0.2) is 30.5 Å². The third-order valence-corrected chi connectivity index (χ3v) is 4.24. The van der Waals surface area contributed by atoms with Gasteiger partial charge in [-0.15, -0.1) is 0 Å². The highest BCUT2D eigenvalue weighted by molar-refractivity contribution is 5.83. The SMILES string of the molecule is COc1ccc2nccc(CC(O)[C@@H]3CC[C@@H](N)CO3)c2c1. The second kappa shape index (κ2) is 6.60. The van der Waals surface area contributed by atoms with Crippen LogP contribution in [0.25, 0.3) is 10.9 Å². The molecule has 2 aromatic rings. The molecule has 1 aliphatic heterocycles. The summed E-state index contributed by atoms with van der Waals surface area (Å²) in [6.45, 7) is 0.520. The van der Waals surface area contributed by atoms with E-state index in [1.54, 1.807) is 13.3 Å². The van der Waals surface area contributed by atoms with Crippen LogP contribution in [0.3, 0.4) is 0 Å². The van der Waals surface area contributed by atoms with Gasteiger partial charge in [-0.3, -0.25) is 4.98 Å². The predicted octanol–water partition coefficient (Wildman–Crippen LogP) is 1.65. The molecular formula is C17H22N2O3. The van der Waals surface area contributed by atoms with E-state index in [0.29, 0.717) is 13.0 Å². The molecule has 2 heterocycles. The number of aromatic nitrogens is 1. The highest BCUT2D eigenvalue weighted by Crippen LogP contribution is 2.25. The molecule has 1 saturated heterocycles. The van der Waals surface area contributed by atoms with Gasteiger partial charge in [0.2, 0.25) is 0 Å². The molecule has 1 unspecified atom stereocenters. The van der Waals surface area contributed by atoms with Crippen LogP contribution < -0.4 is 10.5 Å². The number of nitrogens with two attached hydrogens (primary N) is 1. The fraction of sp³-hybridized carbons (Fsp3) is 0.471. The monoisotopic (exact) mass is 302 g/mol. The molecule has 0 spiro atoms. The zero-order valence-electron chi connectivity index (χ0n) is 12.7. The van der Waals surface area contributed by atoms with E-state index in [1.807, 2.05) is 24.3 Å². The van der Waals surface area contributed by atoms with Crippen LogP contribution in [0, 0.1) is 0 Å². The number of ether oxygens (including phenoxy) is 2. The Hall–Kier alpha value is -1.69. The maximum atomic E-state index is 10.5. The minimum Gasteiger partial charge on any atom is -0.497 e. The zero-order valence-corrected chi connectivity index (χ0v) is 12.7. The van der Waals surface area contributed by atoms with Crippen molar-refractivity contribution in [2.75, 3.05) is 13.7 Å². The normalized spacial score (nSPS) is 23.4. The van der Waals surface area contributed by atoms with Gasteiger partial charge in [-0.1, -0.05) is 0 Å². The molecular weight excluding hydrogens is 280 g/mol. The Bertz CT molecular complexity index is 639. The molecule has 22 heavy (non-hydrogen) atoms. The quantitative estimate of drug-likeness (QED) is 0.898. The molecule has 0 radical (unpaired) electrons. The first-order valence-electron chi connectivity index (χ1n) is 7.64. The first kappa shape index (κ1) is 15.2. The molecule has 118 valence electrons. The van der Waals surface area contributed by atoms with Crippen molar-refractivity contribution in [2.45, 2.75) is 37.5 Å². The molecule has 0 amide bonds. The Morgan fingerprint density at radius 3 is 3.00 bits per heavy atom. The van der Waals surface area contributed by atoms with E-state index in [-0.39, 0.29) is 12.1 Å². The lowest BCUT2D eigenvalue weighted by atomic mass is 9.95. The van der Waals surface area contributed by atoms with Crippen molar-refractivity contribution in [1.29, 1.82) is 0 Å². The van der Waals surface area contributed by atoms with Crippen molar-refractivity contribution in [2.24, 2.45) is 5.73 Å². The molecule has 3 N–H and O–H groups in total. The third kappa shape index (κ3) is 3.21. The lowest BCUT2D eigenvalue weighted by Gasteiger charge is -2.30. The van der Waals surface area contributed by atoms with Crippen molar-refractivity contribution in [3.05, 3.63) is 36.0 Å². The standard InChI is InChI=1S/C17H22N2O3/c1-21-13-3-4-15-14(9-13)11(6-7-19-15)8-16(20)17-5-2-12(18)10-22-17/h3-4,6-7,9,12,16-17,20H,2,5,8,10,18H2,1H3/t12-,16?,17+/m1/s1. The van der Waals surface area contributed by atoms with E-state index in [4.69, 9.17) is 15.2 Å². The molecule has 1 aromatic heterocycles. The van der Waals surface area contributed by atoms with Crippen molar-refractivity contribution in [1.82, 2.24) is 4.98 Å². The van der Waals surface area contributed by atoms with E-state index in [9.17, 15) is 5.11 Å². The highest BCUT2D eigenvalue weighted by atomic mass is 16.5. The fourth-order valence-electron chi connectivity index (χ4n) is 2.94. The minimum absolute atomic E-state index is 0.0921. The summed E-state index contributed by atoms with van der Waals surface area (Å²) in [5.74, 6) is 0.788. The maximum absolute atomic E-state index is 10.5. The van der Waals surface area contributed by atoms with E-state index in [1.165, 1.54) is 0 Å². The van der Waals surface area contributed by atoms with Crippen LogP contribution in [-0.4, -0.2) is 42.1 Å². The van der Waals surface area contributed by atoms with E-state index in [2.05, 4.69) is 4.98 Å². The van der Waals surface area contributed by atoms with Crippen LogP contribution in [0.1, 0.15) is 18.4 Å². The zero-order chi connectivity index (χ0) is 15.5. The summed E-state index contributed by atoms with van der Waals surface area (Å²) in [5.41, 5.74) is 7.78. The molecule has 0 saturated carbocycles. The number of pyridine rings is 1. The Balaban J connectivity index is 1.80. The number of hydrogen-bond acceptors (Lipinski definition) is 5. The average molecular weight is 302 g/mol. The Morgan fingerprint density at radius 2 is 2.27 bits per heavy atom. The van der Waals surface area contributed by atoms with E-state index < -0.39 is 6.10 Å². The van der Waals surface area contributed by atoms with Gasteiger partial charge in [0, 0.05) is 24.0 Å². The average Bonchev–Trinajstić information content (AvgIpc) is 2.55. The number of benzene rings is 1. The maximum Gasteiger partial charge on any atom is 0.119 e. The highest BCUT2D eigenvalue weighted by Gasteiger charge is 2.26. The Labute approximate surface area is 130 Å². The van der Waals surface area contributed by atoms with Gasteiger partial charge in [0.15, 0.2) is 0 Å². The summed E-state index contributed by atoms with van der Waals surface area (Å²) in [4.78, 5) is 4.36. The van der Waals surface area contributed by atoms with E-state index >= 15 is 0 Å². The Morgan fingerprint density at radius 1 is 1.41 bits per heavy atom. The van der Waals surface area contributed by atoms with Gasteiger partial charge in [-0.25, -0.2) is 0 Å². The lowest BCUT2D eigenvalue weighted by molar-refractivity contribution is -0.0671. The van der Waals surface area contributed by atoms with Crippen molar-refractivity contribution in [3.8, 4) is 5.75 Å². The molecule has 0 bridgehead atoms. The van der Waals surface area contributed by atoms with E-state index in [0.717, 1.165) is 35.1 Å². The number of aliphatic hydroxyl groups excluding tert-OH is 1. The molecule has 1 aromatic carbocycles. The van der Waals surface area contributed by atoms with Gasteiger partial charge in [0.25, 0.3) is 0 Å². The van der Waals surface area contributed by atoms with Gasteiger partial charge < -0.3 is 20.3 Å². The third-order valence-electron chi connectivity index (χ3n) is 4.24. The van der Waals surface area contributed by atoms with Crippen LogP contribution in [0.4, 0.5) is 0 Å². The molecule has 0 aliphatic carbocycles. The first-order chi connectivity index (χ1) is 10.7. The first-order valence-corrected chi connectivity index (χ1v) is 7.64. The molecule has 5 nitrogen and oxygen atoms in total. The topological polar surface area (TPSA) is 77.6 Å². The van der Waals surface area contributed by atoms with Crippen molar-refractivity contribution < 1.29 is 14.6 Å². The summed E-state index contributed by atoms with van der Waals surface area (Å²) >= 11 is 0. The van der Waals surface area contributed by atoms with Crippen LogP contribution in [0.5, 0.6) is 5.75 Å². The van der Waals surface area contributed by atoms with Gasteiger partial charge in [0.1, 0.15) is 5.75 Å². The number of fused-ring (bicyclic) bond motifs is 1. The van der Waals surface area contributed by atoms with Crippen molar-refractivity contribution in [3.63, 3.8) is 0 Å². The second-order valence-electron chi connectivity index (χ2n) is 5.83. The molecule has 5 heteroatoms. The molecule has 3 atom stereocenters. The van der Waals surface area contributed by atoms with Crippen LogP contribution >= 0.6 is 0 Å². The predicted molar refractivity (Wildman–Crippen MR) is 85.0 cm³/mol. The Kier molecular flexibility index (Phi) is 4.57. The van der Waals surface area contributed by atoms with Crippen LogP contribution in [0.2, 0.25) is 0 Å². The van der Waals surface area contributed by atoms with Gasteiger partial charge in [-0.05, 0) is 42.7 Å². The summed E-state index contributed by atoms with van der Waals surface area (Å²) in [5, 5.41) is 11.5. The summed E-state index contributed by atoms with van der Waals surface area (Å²) in [6, 6.07) is 7.82. The summed E-state index contributed by atoms with van der Waals surface area (Å²) < 4.78 is 10.9. The molecule has 1 aliphatic rings. The summed E-state index contributed by atoms with van der Waals surface area (Å²) in [6.07, 6.45) is 3.32. The number of aliphatic hydroxyl groups is 1. The molecule has 3 rings (SSSR count). The number of hydrogen-bond donors (Lipinski definition) is 2. The number of rotatable bonds is 4. The molecule has 1 fully saturated rings. The minimum atomic E-state index is -0.538. The van der Waals surface area contributed by atoms with Gasteiger partial charge >= 0.3 is 0 Å². The van der Waals surface area contributed by atoms with Gasteiger partial charge in [-0.2, -0.15) is 0 Å². The fourth-order valence-corrected chi connectivity index (χ4v) is 2.94. The van der Waals surface area contributed by atoms with Crippen LogP contribution in [-0.2, 0) is 11.2 Å². The van der Waals surface area contributed by atoms with Crippen molar-refractivity contribution >= 4 is 10.9 Å².